The van der Waals surface area contributed by atoms with Gasteiger partial charge in [-0.1, -0.05) is 47.5 Å². The van der Waals surface area contributed by atoms with Crippen LogP contribution in [-0.4, -0.2) is 5.11 Å². The van der Waals surface area contributed by atoms with Gasteiger partial charge in [-0.2, -0.15) is 0 Å². The van der Waals surface area contributed by atoms with Crippen LogP contribution in [0.5, 0.6) is 5.75 Å². The Morgan fingerprint density at radius 3 is 2.39 bits per heavy atom. The molecule has 0 unspecified atom stereocenters. The average Bonchev–Trinajstić information content (AvgIpc) is 2.37. The van der Waals surface area contributed by atoms with Crippen molar-refractivity contribution in [3.63, 3.8) is 0 Å². The monoisotopic (exact) mass is 281 g/mol. The number of hydrogen-bond acceptors (Lipinski definition) is 2. The lowest BCUT2D eigenvalue weighted by atomic mass is 10.2. The Hall–Kier alpha value is -1.22. The number of benzene rings is 2. The lowest BCUT2D eigenvalue weighted by molar-refractivity contribution is 0.475. The van der Waals surface area contributed by atoms with E-state index in [0.29, 0.717) is 23.1 Å². The summed E-state index contributed by atoms with van der Waals surface area (Å²) in [5, 5.41) is 13.6. The third-order valence-electron chi connectivity index (χ3n) is 2.61. The van der Waals surface area contributed by atoms with Gasteiger partial charge in [0, 0.05) is 13.1 Å². The van der Waals surface area contributed by atoms with Crippen LogP contribution in [0.25, 0.3) is 0 Å². The second-order valence-corrected chi connectivity index (χ2v) is 4.77. The number of phenols is 1. The fourth-order valence-electron chi connectivity index (χ4n) is 1.64. The van der Waals surface area contributed by atoms with Gasteiger partial charge in [0.15, 0.2) is 0 Å². The molecule has 2 nitrogen and oxygen atoms in total. The van der Waals surface area contributed by atoms with E-state index in [4.69, 9.17) is 23.2 Å². The van der Waals surface area contributed by atoms with Crippen LogP contribution in [0.2, 0.25) is 10.0 Å². The molecule has 2 aromatic carbocycles. The molecule has 0 aliphatic heterocycles. The highest BCUT2D eigenvalue weighted by Gasteiger charge is 2.03. The van der Waals surface area contributed by atoms with E-state index in [0.717, 1.165) is 11.1 Å². The molecule has 0 heterocycles. The van der Waals surface area contributed by atoms with Crippen molar-refractivity contribution in [3.8, 4) is 5.75 Å². The number of hydrogen-bond donors (Lipinski definition) is 2. The van der Waals surface area contributed by atoms with E-state index in [1.54, 1.807) is 18.2 Å². The van der Waals surface area contributed by atoms with Gasteiger partial charge in [0.05, 0.1) is 10.0 Å². The summed E-state index contributed by atoms with van der Waals surface area (Å²) in [6.45, 7) is 1.36. The standard InChI is InChI=1S/C14H13Cl2NO/c15-13-3-1-2-11(14(13)16)9-17-8-10-4-6-12(18)7-5-10/h1-7,17-18H,8-9H2. The lowest BCUT2D eigenvalue weighted by Crippen LogP contribution is -2.12. The van der Waals surface area contributed by atoms with Crippen molar-refractivity contribution in [1.29, 1.82) is 0 Å². The first-order valence-electron chi connectivity index (χ1n) is 5.58. The van der Waals surface area contributed by atoms with Crippen molar-refractivity contribution in [3.05, 3.63) is 63.6 Å². The molecule has 0 radical (unpaired) electrons. The molecule has 18 heavy (non-hydrogen) atoms. The third kappa shape index (κ3) is 3.39. The summed E-state index contributed by atoms with van der Waals surface area (Å²) in [7, 11) is 0. The molecule has 0 atom stereocenters. The van der Waals surface area contributed by atoms with Crippen LogP contribution in [0.4, 0.5) is 0 Å². The maximum atomic E-state index is 9.17. The Bertz CT molecular complexity index is 526. The van der Waals surface area contributed by atoms with Crippen molar-refractivity contribution in [1.82, 2.24) is 5.32 Å². The van der Waals surface area contributed by atoms with Gasteiger partial charge in [-0.3, -0.25) is 0 Å². The van der Waals surface area contributed by atoms with Crippen LogP contribution in [0.3, 0.4) is 0 Å². The Kier molecular flexibility index (Phi) is 4.48. The lowest BCUT2D eigenvalue weighted by Gasteiger charge is -2.08. The van der Waals surface area contributed by atoms with E-state index in [1.165, 1.54) is 0 Å². The van der Waals surface area contributed by atoms with E-state index < -0.39 is 0 Å². The molecule has 0 bridgehead atoms. The summed E-state index contributed by atoms with van der Waals surface area (Å²) in [6.07, 6.45) is 0. The molecule has 94 valence electrons. The van der Waals surface area contributed by atoms with Gasteiger partial charge in [-0.25, -0.2) is 0 Å². The highest BCUT2D eigenvalue weighted by atomic mass is 35.5. The second kappa shape index (κ2) is 6.10. The summed E-state index contributed by atoms with van der Waals surface area (Å²) in [4.78, 5) is 0. The first-order valence-corrected chi connectivity index (χ1v) is 6.34. The summed E-state index contributed by atoms with van der Waals surface area (Å²) in [5.41, 5.74) is 2.08. The average molecular weight is 282 g/mol. The minimum Gasteiger partial charge on any atom is -0.508 e. The molecule has 0 spiro atoms. The fraction of sp³-hybridized carbons (Fsp3) is 0.143. The van der Waals surface area contributed by atoms with Crippen LogP contribution < -0.4 is 5.32 Å². The number of nitrogens with one attached hydrogen (secondary N) is 1. The topological polar surface area (TPSA) is 32.3 Å². The van der Waals surface area contributed by atoms with Gasteiger partial charge in [0.1, 0.15) is 5.75 Å². The van der Waals surface area contributed by atoms with E-state index in [9.17, 15) is 5.11 Å². The van der Waals surface area contributed by atoms with Crippen LogP contribution in [0.1, 0.15) is 11.1 Å². The molecule has 0 fully saturated rings. The molecule has 0 aromatic heterocycles. The van der Waals surface area contributed by atoms with E-state index in [2.05, 4.69) is 5.32 Å². The predicted octanol–water partition coefficient (Wildman–Crippen LogP) is 3.99. The smallest absolute Gasteiger partial charge is 0.115 e. The Morgan fingerprint density at radius 1 is 0.944 bits per heavy atom. The molecule has 0 amide bonds. The van der Waals surface area contributed by atoms with Crippen molar-refractivity contribution in [2.24, 2.45) is 0 Å². The molecular weight excluding hydrogens is 269 g/mol. The molecule has 2 aromatic rings. The molecule has 0 aliphatic rings. The first-order chi connectivity index (χ1) is 8.66. The Morgan fingerprint density at radius 2 is 1.67 bits per heavy atom. The second-order valence-electron chi connectivity index (χ2n) is 3.98. The molecule has 0 aliphatic carbocycles. The van der Waals surface area contributed by atoms with Crippen LogP contribution in [0, 0.1) is 0 Å². The van der Waals surface area contributed by atoms with E-state index in [1.807, 2.05) is 24.3 Å². The third-order valence-corrected chi connectivity index (χ3v) is 3.47. The largest absolute Gasteiger partial charge is 0.508 e. The normalized spacial score (nSPS) is 10.6. The fourth-order valence-corrected chi connectivity index (χ4v) is 2.03. The molecule has 0 saturated carbocycles. The summed E-state index contributed by atoms with van der Waals surface area (Å²) in [6, 6.07) is 12.7. The quantitative estimate of drug-likeness (QED) is 0.888. The Balaban J connectivity index is 1.92. The zero-order valence-electron chi connectivity index (χ0n) is 9.66. The van der Waals surface area contributed by atoms with Crippen molar-refractivity contribution in [2.75, 3.05) is 0 Å². The first kappa shape index (κ1) is 13.2. The minimum absolute atomic E-state index is 0.275. The predicted molar refractivity (Wildman–Crippen MR) is 75.1 cm³/mol. The van der Waals surface area contributed by atoms with Crippen molar-refractivity contribution in [2.45, 2.75) is 13.1 Å². The van der Waals surface area contributed by atoms with Gasteiger partial charge >= 0.3 is 0 Å². The maximum absolute atomic E-state index is 9.17. The number of aromatic hydroxyl groups is 1. The van der Waals surface area contributed by atoms with Crippen LogP contribution in [-0.2, 0) is 13.1 Å². The van der Waals surface area contributed by atoms with Gasteiger partial charge in [0.2, 0.25) is 0 Å². The maximum Gasteiger partial charge on any atom is 0.115 e. The number of halogens is 2. The Labute approximate surface area is 116 Å². The van der Waals surface area contributed by atoms with E-state index >= 15 is 0 Å². The number of rotatable bonds is 4. The van der Waals surface area contributed by atoms with Gasteiger partial charge in [-0.05, 0) is 29.3 Å². The summed E-state index contributed by atoms with van der Waals surface area (Å²) < 4.78 is 0. The molecule has 2 rings (SSSR count). The zero-order chi connectivity index (χ0) is 13.0. The molecule has 0 saturated heterocycles. The summed E-state index contributed by atoms with van der Waals surface area (Å²) >= 11 is 12.0. The highest BCUT2D eigenvalue weighted by molar-refractivity contribution is 6.42. The van der Waals surface area contributed by atoms with Gasteiger partial charge < -0.3 is 10.4 Å². The van der Waals surface area contributed by atoms with Crippen molar-refractivity contribution < 1.29 is 5.11 Å². The highest BCUT2D eigenvalue weighted by Crippen LogP contribution is 2.25. The van der Waals surface area contributed by atoms with Crippen LogP contribution >= 0.6 is 23.2 Å². The zero-order valence-corrected chi connectivity index (χ0v) is 11.2. The molecule has 2 N–H and O–H groups in total. The molecule has 4 heteroatoms. The van der Waals surface area contributed by atoms with Crippen molar-refractivity contribution >= 4 is 23.2 Å². The number of phenolic OH excluding ortho intramolecular Hbond substituents is 1. The van der Waals surface area contributed by atoms with Gasteiger partial charge in [-0.15, -0.1) is 0 Å². The van der Waals surface area contributed by atoms with E-state index in [-0.39, 0.29) is 5.75 Å². The minimum atomic E-state index is 0.275. The SMILES string of the molecule is Oc1ccc(CNCc2cccc(Cl)c2Cl)cc1. The van der Waals surface area contributed by atoms with Crippen LogP contribution in [0.15, 0.2) is 42.5 Å². The van der Waals surface area contributed by atoms with Gasteiger partial charge in [0.25, 0.3) is 0 Å². The summed E-state index contributed by atoms with van der Waals surface area (Å²) in [5.74, 6) is 0.275. The molecular formula is C14H13Cl2NO.